The molecule has 0 aliphatic heterocycles. The van der Waals surface area contributed by atoms with E-state index in [1.165, 1.54) is 25.3 Å². The van der Waals surface area contributed by atoms with Crippen molar-refractivity contribution in [2.45, 2.75) is 6.36 Å². The Hall–Kier alpha value is -2.49. The van der Waals surface area contributed by atoms with Crippen LogP contribution in [0.1, 0.15) is 5.56 Å². The third kappa shape index (κ3) is 4.71. The number of ether oxygens (including phenoxy) is 1. The Morgan fingerprint density at radius 2 is 1.95 bits per heavy atom. The highest BCUT2D eigenvalue weighted by molar-refractivity contribution is 6.01. The first-order chi connectivity index (χ1) is 8.85. The minimum atomic E-state index is -4.75. The number of rotatable bonds is 3. The van der Waals surface area contributed by atoms with E-state index < -0.39 is 12.3 Å². The number of hydrogen-bond donors (Lipinski definition) is 1. The molecule has 0 bridgehead atoms. The fourth-order valence-corrected chi connectivity index (χ4v) is 1.22. The fraction of sp³-hybridized carbons (Fsp3) is 0.167. The number of benzene rings is 1. The molecule has 0 heterocycles. The molecule has 0 aromatic heterocycles. The van der Waals surface area contributed by atoms with Gasteiger partial charge in [-0.3, -0.25) is 4.79 Å². The quantitative estimate of drug-likeness (QED) is 0.676. The topological polar surface area (TPSA) is 62.1 Å². The molecule has 1 rings (SSSR count). The van der Waals surface area contributed by atoms with Crippen molar-refractivity contribution in [3.63, 3.8) is 0 Å². The summed E-state index contributed by atoms with van der Waals surface area (Å²) in [6.07, 6.45) is -3.49. The van der Waals surface area contributed by atoms with E-state index in [4.69, 9.17) is 5.26 Å². The molecular weight excluding hydrogens is 261 g/mol. The van der Waals surface area contributed by atoms with E-state index in [0.29, 0.717) is 5.56 Å². The number of hydrogen-bond acceptors (Lipinski definition) is 3. The highest BCUT2D eigenvalue weighted by Crippen LogP contribution is 2.23. The first-order valence-electron chi connectivity index (χ1n) is 5.05. The average molecular weight is 270 g/mol. The number of alkyl halides is 3. The smallest absolute Gasteiger partial charge is 0.406 e. The summed E-state index contributed by atoms with van der Waals surface area (Å²) in [7, 11) is 1.37. The van der Waals surface area contributed by atoms with Crippen LogP contribution in [0, 0.1) is 11.3 Å². The lowest BCUT2D eigenvalue weighted by Gasteiger charge is -2.08. The van der Waals surface area contributed by atoms with Gasteiger partial charge in [0.25, 0.3) is 5.91 Å². The van der Waals surface area contributed by atoms with Gasteiger partial charge in [0.15, 0.2) is 0 Å². The largest absolute Gasteiger partial charge is 0.573 e. The van der Waals surface area contributed by atoms with Crippen molar-refractivity contribution >= 4 is 12.0 Å². The van der Waals surface area contributed by atoms with Crippen LogP contribution >= 0.6 is 0 Å². The van der Waals surface area contributed by atoms with Crippen LogP contribution in [0.15, 0.2) is 29.8 Å². The molecule has 1 aromatic carbocycles. The lowest BCUT2D eigenvalue weighted by molar-refractivity contribution is -0.274. The Labute approximate surface area is 107 Å². The number of nitrogens with zero attached hydrogens (tertiary/aromatic N) is 1. The molecule has 1 aromatic rings. The van der Waals surface area contributed by atoms with E-state index in [0.717, 1.165) is 12.1 Å². The van der Waals surface area contributed by atoms with Gasteiger partial charge in [-0.2, -0.15) is 5.26 Å². The van der Waals surface area contributed by atoms with Crippen LogP contribution in [0.3, 0.4) is 0 Å². The second kappa shape index (κ2) is 5.91. The highest BCUT2D eigenvalue weighted by atomic mass is 19.4. The number of carbonyl (C=O) groups excluding carboxylic acids is 1. The third-order valence-electron chi connectivity index (χ3n) is 2.02. The predicted molar refractivity (Wildman–Crippen MR) is 60.8 cm³/mol. The number of amides is 1. The zero-order valence-electron chi connectivity index (χ0n) is 9.78. The molecule has 100 valence electrons. The van der Waals surface area contributed by atoms with Gasteiger partial charge >= 0.3 is 6.36 Å². The molecular formula is C12H9F3N2O2. The molecule has 0 aliphatic rings. The summed E-state index contributed by atoms with van der Waals surface area (Å²) in [5.41, 5.74) is 0.265. The van der Waals surface area contributed by atoms with Crippen molar-refractivity contribution in [2.24, 2.45) is 0 Å². The van der Waals surface area contributed by atoms with Gasteiger partial charge in [0, 0.05) is 7.05 Å². The minimum Gasteiger partial charge on any atom is -0.406 e. The van der Waals surface area contributed by atoms with E-state index in [2.05, 4.69) is 10.1 Å². The molecule has 0 fully saturated rings. The molecule has 19 heavy (non-hydrogen) atoms. The summed E-state index contributed by atoms with van der Waals surface area (Å²) < 4.78 is 39.5. The summed E-state index contributed by atoms with van der Waals surface area (Å²) in [5.74, 6) is -0.943. The lowest BCUT2D eigenvalue weighted by atomic mass is 10.1. The van der Waals surface area contributed by atoms with E-state index >= 15 is 0 Å². The van der Waals surface area contributed by atoms with Crippen LogP contribution in [0.2, 0.25) is 0 Å². The Morgan fingerprint density at radius 3 is 2.37 bits per heavy atom. The molecule has 7 heteroatoms. The van der Waals surface area contributed by atoms with Crippen LogP contribution < -0.4 is 10.1 Å². The van der Waals surface area contributed by atoms with Crippen LogP contribution in [-0.4, -0.2) is 19.3 Å². The van der Waals surface area contributed by atoms with Gasteiger partial charge in [0.2, 0.25) is 0 Å². The normalized spacial score (nSPS) is 11.6. The summed E-state index contributed by atoms with van der Waals surface area (Å²) in [4.78, 5) is 11.2. The first-order valence-corrected chi connectivity index (χ1v) is 5.05. The number of carbonyl (C=O) groups is 1. The average Bonchev–Trinajstić information content (AvgIpc) is 2.35. The molecule has 0 saturated heterocycles. The molecule has 0 unspecified atom stereocenters. The molecule has 0 radical (unpaired) electrons. The standard InChI is InChI=1S/C12H9F3N2O2/c1-17-11(18)9(7-16)6-8-2-4-10(5-3-8)19-12(13,14)15/h2-6H,1H3,(H,17,18)/b9-6+. The van der Waals surface area contributed by atoms with Gasteiger partial charge < -0.3 is 10.1 Å². The van der Waals surface area contributed by atoms with Crippen molar-refractivity contribution in [1.29, 1.82) is 5.26 Å². The van der Waals surface area contributed by atoms with E-state index in [1.807, 2.05) is 0 Å². The van der Waals surface area contributed by atoms with E-state index in [9.17, 15) is 18.0 Å². The van der Waals surface area contributed by atoms with Crippen LogP contribution in [0.25, 0.3) is 6.08 Å². The van der Waals surface area contributed by atoms with Gasteiger partial charge in [0.05, 0.1) is 0 Å². The van der Waals surface area contributed by atoms with Gasteiger partial charge in [-0.1, -0.05) is 12.1 Å². The summed E-state index contributed by atoms with van der Waals surface area (Å²) >= 11 is 0. The zero-order chi connectivity index (χ0) is 14.5. The second-order valence-corrected chi connectivity index (χ2v) is 3.37. The minimum absolute atomic E-state index is 0.146. The van der Waals surface area contributed by atoms with Crippen molar-refractivity contribution in [3.8, 4) is 11.8 Å². The van der Waals surface area contributed by atoms with Gasteiger partial charge in [-0.05, 0) is 23.8 Å². The Bertz CT molecular complexity index is 527. The second-order valence-electron chi connectivity index (χ2n) is 3.37. The van der Waals surface area contributed by atoms with Crippen LogP contribution in [0.4, 0.5) is 13.2 Å². The molecule has 0 saturated carbocycles. The number of halogens is 3. The molecule has 4 nitrogen and oxygen atoms in total. The molecule has 0 atom stereocenters. The molecule has 0 aliphatic carbocycles. The first kappa shape index (κ1) is 14.6. The fourth-order valence-electron chi connectivity index (χ4n) is 1.22. The summed E-state index contributed by atoms with van der Waals surface area (Å²) in [6, 6.07) is 6.50. The Kier molecular flexibility index (Phi) is 4.53. The van der Waals surface area contributed by atoms with Crippen LogP contribution in [-0.2, 0) is 4.79 Å². The monoisotopic (exact) mass is 270 g/mol. The number of nitriles is 1. The van der Waals surface area contributed by atoms with E-state index in [1.54, 1.807) is 6.07 Å². The molecule has 1 amide bonds. The number of nitrogens with one attached hydrogen (secondary N) is 1. The van der Waals surface area contributed by atoms with Gasteiger partial charge in [0.1, 0.15) is 17.4 Å². The lowest BCUT2D eigenvalue weighted by Crippen LogP contribution is -2.19. The maximum Gasteiger partial charge on any atom is 0.573 e. The highest BCUT2D eigenvalue weighted by Gasteiger charge is 2.30. The molecule has 0 spiro atoms. The predicted octanol–water partition coefficient (Wildman–Crippen LogP) is 2.24. The van der Waals surface area contributed by atoms with Crippen molar-refractivity contribution in [1.82, 2.24) is 5.32 Å². The Balaban J connectivity index is 2.91. The molecule has 1 N–H and O–H groups in total. The van der Waals surface area contributed by atoms with Crippen molar-refractivity contribution < 1.29 is 22.7 Å². The maximum atomic E-state index is 11.9. The van der Waals surface area contributed by atoms with Gasteiger partial charge in [-0.25, -0.2) is 0 Å². The maximum absolute atomic E-state index is 11.9. The number of likely N-dealkylation sites (N-methyl/N-ethyl adjacent to an activating group) is 1. The van der Waals surface area contributed by atoms with Crippen molar-refractivity contribution in [3.05, 3.63) is 35.4 Å². The summed E-state index contributed by atoms with van der Waals surface area (Å²) in [5, 5.41) is 11.0. The third-order valence-corrected chi connectivity index (χ3v) is 2.02. The van der Waals surface area contributed by atoms with Crippen molar-refractivity contribution in [2.75, 3.05) is 7.05 Å². The summed E-state index contributed by atoms with van der Waals surface area (Å²) in [6.45, 7) is 0. The van der Waals surface area contributed by atoms with Gasteiger partial charge in [-0.15, -0.1) is 13.2 Å². The van der Waals surface area contributed by atoms with E-state index in [-0.39, 0.29) is 11.3 Å². The Morgan fingerprint density at radius 1 is 1.37 bits per heavy atom. The SMILES string of the molecule is CNC(=O)/C(C#N)=C/c1ccc(OC(F)(F)F)cc1. The van der Waals surface area contributed by atoms with Crippen LogP contribution in [0.5, 0.6) is 5.75 Å². The zero-order valence-corrected chi connectivity index (χ0v) is 9.78.